The summed E-state index contributed by atoms with van der Waals surface area (Å²) in [4.78, 5) is 15.7. The molecular formula is C20H18N4O. The number of fused-ring (bicyclic) bond motifs is 1. The van der Waals surface area contributed by atoms with Crippen molar-refractivity contribution in [1.29, 1.82) is 5.26 Å². The van der Waals surface area contributed by atoms with Crippen LogP contribution in [-0.2, 0) is 12.8 Å². The Hall–Kier alpha value is -3.39. The topological polar surface area (TPSA) is 105 Å². The maximum atomic E-state index is 12.1. The van der Waals surface area contributed by atoms with Crippen LogP contribution >= 0.6 is 0 Å². The first kappa shape index (κ1) is 16.5. The molecule has 5 nitrogen and oxygen atoms in total. The third-order valence-corrected chi connectivity index (χ3v) is 4.19. The van der Waals surface area contributed by atoms with Gasteiger partial charge in [-0.3, -0.25) is 4.79 Å². The molecule has 0 unspecified atom stereocenters. The molecule has 25 heavy (non-hydrogen) atoms. The Morgan fingerprint density at radius 2 is 1.92 bits per heavy atom. The molecule has 0 aliphatic heterocycles. The number of nitriles is 1. The van der Waals surface area contributed by atoms with E-state index in [1.54, 1.807) is 6.07 Å². The van der Waals surface area contributed by atoms with Gasteiger partial charge in [0, 0.05) is 5.56 Å². The molecule has 3 rings (SSSR count). The third-order valence-electron chi connectivity index (χ3n) is 4.19. The quantitative estimate of drug-likeness (QED) is 0.666. The fraction of sp³-hybridized carbons (Fsp3) is 0.150. The van der Waals surface area contributed by atoms with Gasteiger partial charge in [-0.2, -0.15) is 10.3 Å². The number of nitrogens with two attached hydrogens (primary N) is 2. The van der Waals surface area contributed by atoms with E-state index in [0.29, 0.717) is 12.0 Å². The third kappa shape index (κ3) is 3.59. The summed E-state index contributed by atoms with van der Waals surface area (Å²) in [6, 6.07) is 15.7. The Morgan fingerprint density at radius 1 is 1.16 bits per heavy atom. The molecule has 1 amide bonds. The average Bonchev–Trinajstić information content (AvgIpc) is 2.61. The number of carbonyl (C=O) groups is 1. The summed E-state index contributed by atoms with van der Waals surface area (Å²) in [5, 5.41) is 8.79. The van der Waals surface area contributed by atoms with Crippen molar-refractivity contribution < 1.29 is 4.79 Å². The minimum atomic E-state index is -0.447. The molecule has 0 spiro atoms. The lowest BCUT2D eigenvalue weighted by Crippen LogP contribution is -2.24. The lowest BCUT2D eigenvalue weighted by Gasteiger charge is -2.19. The normalized spacial score (nSPS) is 12.5. The Kier molecular flexibility index (Phi) is 4.62. The minimum Gasteiger partial charge on any atom is -0.370 e. The van der Waals surface area contributed by atoms with Crippen molar-refractivity contribution in [1.82, 2.24) is 0 Å². The van der Waals surface area contributed by atoms with Crippen molar-refractivity contribution in [3.63, 3.8) is 0 Å². The number of nitrogens with zero attached hydrogens (tertiary/aromatic N) is 2. The number of aryl methyl sites for hydroxylation is 1. The van der Waals surface area contributed by atoms with Crippen molar-refractivity contribution in [2.75, 3.05) is 0 Å². The molecular weight excluding hydrogens is 312 g/mol. The number of hydrogen-bond donors (Lipinski definition) is 2. The second-order valence-corrected chi connectivity index (χ2v) is 5.90. The van der Waals surface area contributed by atoms with Crippen LogP contribution in [0.3, 0.4) is 0 Å². The summed E-state index contributed by atoms with van der Waals surface area (Å²) in [6.07, 6.45) is 4.45. The van der Waals surface area contributed by atoms with Crippen LogP contribution in [0.25, 0.3) is 5.57 Å². The van der Waals surface area contributed by atoms with Crippen molar-refractivity contribution in [2.45, 2.75) is 19.3 Å². The SMILES string of the molecule is N#CCc1ccc(C2=CCCc3ccc(C(=O)N=C(N)N)cc32)cc1. The van der Waals surface area contributed by atoms with E-state index < -0.39 is 5.91 Å². The number of benzene rings is 2. The molecule has 124 valence electrons. The van der Waals surface area contributed by atoms with Crippen LogP contribution in [0, 0.1) is 11.3 Å². The molecule has 4 N–H and O–H groups in total. The number of guanidine groups is 1. The van der Waals surface area contributed by atoms with E-state index in [4.69, 9.17) is 16.7 Å². The number of allylic oxidation sites excluding steroid dienone is 1. The van der Waals surface area contributed by atoms with E-state index in [0.717, 1.165) is 35.1 Å². The molecule has 0 bridgehead atoms. The Balaban J connectivity index is 1.99. The molecule has 0 radical (unpaired) electrons. The second-order valence-electron chi connectivity index (χ2n) is 5.90. The minimum absolute atomic E-state index is 0.244. The fourth-order valence-corrected chi connectivity index (χ4v) is 3.01. The van der Waals surface area contributed by atoms with Crippen LogP contribution < -0.4 is 11.5 Å². The zero-order valence-electron chi connectivity index (χ0n) is 13.7. The smallest absolute Gasteiger partial charge is 0.280 e. The van der Waals surface area contributed by atoms with E-state index in [1.807, 2.05) is 36.4 Å². The Bertz CT molecular complexity index is 914. The molecule has 0 heterocycles. The largest absolute Gasteiger partial charge is 0.370 e. The average molecular weight is 330 g/mol. The van der Waals surface area contributed by atoms with Gasteiger partial charge in [0.2, 0.25) is 0 Å². The highest BCUT2D eigenvalue weighted by Crippen LogP contribution is 2.32. The number of carbonyl (C=O) groups excluding carboxylic acids is 1. The number of amides is 1. The van der Waals surface area contributed by atoms with Crippen LogP contribution in [0.2, 0.25) is 0 Å². The molecule has 0 aromatic heterocycles. The van der Waals surface area contributed by atoms with E-state index in [1.165, 1.54) is 5.56 Å². The first-order valence-corrected chi connectivity index (χ1v) is 8.02. The molecule has 0 fully saturated rings. The summed E-state index contributed by atoms with van der Waals surface area (Å²) in [7, 11) is 0. The maximum Gasteiger partial charge on any atom is 0.280 e. The fourth-order valence-electron chi connectivity index (χ4n) is 3.01. The van der Waals surface area contributed by atoms with Crippen molar-refractivity contribution in [3.8, 4) is 6.07 Å². The van der Waals surface area contributed by atoms with Crippen molar-refractivity contribution in [2.24, 2.45) is 16.5 Å². The van der Waals surface area contributed by atoms with Gasteiger partial charge in [-0.25, -0.2) is 0 Å². The highest BCUT2D eigenvalue weighted by molar-refractivity contribution is 6.02. The summed E-state index contributed by atoms with van der Waals surface area (Å²) in [5.74, 6) is -0.691. The summed E-state index contributed by atoms with van der Waals surface area (Å²) < 4.78 is 0. The molecule has 0 saturated carbocycles. The molecule has 5 heteroatoms. The van der Waals surface area contributed by atoms with Crippen LogP contribution in [-0.4, -0.2) is 11.9 Å². The molecule has 1 aliphatic carbocycles. The van der Waals surface area contributed by atoms with Crippen LogP contribution in [0.4, 0.5) is 0 Å². The monoisotopic (exact) mass is 330 g/mol. The van der Waals surface area contributed by atoms with E-state index in [-0.39, 0.29) is 5.96 Å². The van der Waals surface area contributed by atoms with E-state index in [2.05, 4.69) is 17.1 Å². The van der Waals surface area contributed by atoms with Gasteiger partial charge < -0.3 is 11.5 Å². The number of rotatable bonds is 3. The van der Waals surface area contributed by atoms with Gasteiger partial charge in [-0.15, -0.1) is 0 Å². The van der Waals surface area contributed by atoms with Gasteiger partial charge in [-0.05, 0) is 52.8 Å². The van der Waals surface area contributed by atoms with Crippen LogP contribution in [0.15, 0.2) is 53.5 Å². The summed E-state index contributed by atoms with van der Waals surface area (Å²) in [6.45, 7) is 0. The highest BCUT2D eigenvalue weighted by atomic mass is 16.1. The molecule has 2 aromatic rings. The first-order chi connectivity index (χ1) is 12.1. The Morgan fingerprint density at radius 3 is 2.60 bits per heavy atom. The van der Waals surface area contributed by atoms with Crippen molar-refractivity contribution in [3.05, 3.63) is 76.4 Å². The van der Waals surface area contributed by atoms with E-state index >= 15 is 0 Å². The van der Waals surface area contributed by atoms with Crippen LogP contribution in [0.5, 0.6) is 0 Å². The van der Waals surface area contributed by atoms with Gasteiger partial charge >= 0.3 is 0 Å². The lowest BCUT2D eigenvalue weighted by atomic mass is 9.85. The molecule has 2 aromatic carbocycles. The first-order valence-electron chi connectivity index (χ1n) is 8.02. The predicted octanol–water partition coefficient (Wildman–Crippen LogP) is 2.54. The Labute approximate surface area is 146 Å². The summed E-state index contributed by atoms with van der Waals surface area (Å²) in [5.41, 5.74) is 16.4. The standard InChI is InChI=1S/C20H18N4O/c21-11-10-13-4-6-15(7-5-13)17-3-1-2-14-8-9-16(12-18(14)17)19(25)24-20(22)23/h3-9,12H,1-2,10H2,(H4,22,23,24,25). The molecule has 1 aliphatic rings. The lowest BCUT2D eigenvalue weighted by molar-refractivity contribution is 0.100. The van der Waals surface area contributed by atoms with Gasteiger partial charge in [0.15, 0.2) is 5.96 Å². The van der Waals surface area contributed by atoms with E-state index in [9.17, 15) is 4.79 Å². The molecule has 0 saturated heterocycles. The zero-order valence-corrected chi connectivity index (χ0v) is 13.7. The van der Waals surface area contributed by atoms with Gasteiger partial charge in [0.05, 0.1) is 12.5 Å². The maximum absolute atomic E-state index is 12.1. The summed E-state index contributed by atoms with van der Waals surface area (Å²) >= 11 is 0. The van der Waals surface area contributed by atoms with Crippen LogP contribution in [0.1, 0.15) is 39.0 Å². The van der Waals surface area contributed by atoms with Gasteiger partial charge in [-0.1, -0.05) is 36.4 Å². The highest BCUT2D eigenvalue weighted by Gasteiger charge is 2.17. The predicted molar refractivity (Wildman–Crippen MR) is 97.7 cm³/mol. The number of aliphatic imine (C=N–C) groups is 1. The van der Waals surface area contributed by atoms with Gasteiger partial charge in [0.1, 0.15) is 0 Å². The number of hydrogen-bond acceptors (Lipinski definition) is 2. The zero-order chi connectivity index (χ0) is 17.8. The second kappa shape index (κ2) is 7.02. The van der Waals surface area contributed by atoms with Crippen molar-refractivity contribution >= 4 is 17.4 Å². The molecule has 0 atom stereocenters. The van der Waals surface area contributed by atoms with Gasteiger partial charge in [0.25, 0.3) is 5.91 Å².